The second-order valence-corrected chi connectivity index (χ2v) is 14.7. The Morgan fingerprint density at radius 2 is 1.68 bits per heavy atom. The smallest absolute Gasteiger partial charge is 0.387 e. The van der Waals surface area contributed by atoms with Gasteiger partial charge in [-0.25, -0.2) is 23.7 Å². The highest BCUT2D eigenvalue weighted by Crippen LogP contribution is 2.66. The van der Waals surface area contributed by atoms with Crippen molar-refractivity contribution in [1.82, 2.24) is 14.5 Å². The number of ether oxygens (including phenoxy) is 1. The highest BCUT2D eigenvalue weighted by atomic mass is 32.1. The topological polar surface area (TPSA) is 240 Å². The van der Waals surface area contributed by atoms with Crippen molar-refractivity contribution in [2.45, 2.75) is 24.5 Å². The zero-order valence-electron chi connectivity index (χ0n) is 19.7. The molecule has 0 saturated carbocycles. The summed E-state index contributed by atoms with van der Waals surface area (Å²) in [6.45, 7) is -0.940. The van der Waals surface area contributed by atoms with Gasteiger partial charge in [-0.1, -0.05) is 6.07 Å². The van der Waals surface area contributed by atoms with Gasteiger partial charge >= 0.3 is 23.5 Å². The summed E-state index contributed by atoms with van der Waals surface area (Å²) < 4.78 is 53.1. The van der Waals surface area contributed by atoms with E-state index < -0.39 is 54.6 Å². The maximum atomic E-state index is 12.0. The Morgan fingerprint density at radius 1 is 0.925 bits per heavy atom. The summed E-state index contributed by atoms with van der Waals surface area (Å²) in [6, 6.07) is 9.72. The van der Waals surface area contributed by atoms with Crippen molar-refractivity contribution in [2.75, 3.05) is 6.61 Å². The molecule has 21 heteroatoms. The van der Waals surface area contributed by atoms with Gasteiger partial charge in [0.05, 0.1) is 12.9 Å². The molecule has 0 aromatic carbocycles. The number of aromatic nitrogens is 3. The molecule has 1 aliphatic heterocycles. The van der Waals surface area contributed by atoms with Crippen molar-refractivity contribution in [1.29, 1.82) is 0 Å². The molecule has 216 valence electrons. The quantitative estimate of drug-likeness (QED) is 0.135. The standard InChI is InChI=1S/C19H20N3O13P3S2/c23-16-11(8-32-37(28,29)35-38(30,31)34-36(25,26)27)33-19(17(16)24)22-9-21-15-10(5-6-20-18(15)22)12-3-4-14(40-12)13-2-1-7-39-13/h1-7,9,11,16-17,19,23-24H,8H2,(H,28,29)(H,30,31)(H2,25,26,27)/t11-,16?,17?,19-/m1/s1. The van der Waals surface area contributed by atoms with Crippen molar-refractivity contribution in [3.63, 3.8) is 0 Å². The minimum absolute atomic E-state index is 0.313. The van der Waals surface area contributed by atoms with E-state index in [1.54, 1.807) is 34.9 Å². The van der Waals surface area contributed by atoms with E-state index in [1.807, 2.05) is 29.6 Å². The molecule has 5 rings (SSSR count). The molecule has 0 aliphatic carbocycles. The largest absolute Gasteiger partial charge is 0.490 e. The van der Waals surface area contributed by atoms with Crippen LogP contribution in [0.5, 0.6) is 0 Å². The number of phosphoric ester groups is 1. The van der Waals surface area contributed by atoms with Gasteiger partial charge in [0.2, 0.25) is 0 Å². The van der Waals surface area contributed by atoms with Gasteiger partial charge in [0.25, 0.3) is 0 Å². The lowest BCUT2D eigenvalue weighted by molar-refractivity contribution is -0.0503. The summed E-state index contributed by atoms with van der Waals surface area (Å²) in [6.07, 6.45) is -3.06. The Hall–Kier alpha value is -1.69. The van der Waals surface area contributed by atoms with Crippen LogP contribution in [0.2, 0.25) is 0 Å². The Labute approximate surface area is 232 Å². The Kier molecular flexibility index (Phi) is 8.33. The van der Waals surface area contributed by atoms with Gasteiger partial charge < -0.3 is 34.5 Å². The van der Waals surface area contributed by atoms with Crippen LogP contribution in [0.3, 0.4) is 0 Å². The van der Waals surface area contributed by atoms with Crippen LogP contribution in [0.1, 0.15) is 6.23 Å². The molecule has 1 fully saturated rings. The lowest BCUT2D eigenvalue weighted by Crippen LogP contribution is -2.33. The summed E-state index contributed by atoms with van der Waals surface area (Å²) in [5.41, 5.74) is 1.58. The van der Waals surface area contributed by atoms with Crippen LogP contribution in [0.25, 0.3) is 31.4 Å². The number of hydrogen-bond acceptors (Lipinski definition) is 13. The zero-order chi connectivity index (χ0) is 28.9. The highest BCUT2D eigenvalue weighted by molar-refractivity contribution is 7.66. The molecule has 16 nitrogen and oxygen atoms in total. The molecule has 40 heavy (non-hydrogen) atoms. The molecule has 0 amide bonds. The molecule has 6 N–H and O–H groups in total. The fourth-order valence-electron chi connectivity index (χ4n) is 3.92. The number of nitrogens with zero attached hydrogens (tertiary/aromatic N) is 3. The average Bonchev–Trinajstić information content (AvgIpc) is 3.63. The molecule has 4 aromatic heterocycles. The minimum Gasteiger partial charge on any atom is -0.387 e. The molecule has 0 radical (unpaired) electrons. The Bertz CT molecular complexity index is 1650. The third-order valence-corrected chi connectivity index (χ3v) is 11.5. The molecule has 4 unspecified atom stereocenters. The van der Waals surface area contributed by atoms with Crippen molar-refractivity contribution in [3.8, 4) is 20.2 Å². The number of thiophene rings is 2. The summed E-state index contributed by atoms with van der Waals surface area (Å²) in [5.74, 6) is 0. The second-order valence-electron chi connectivity index (χ2n) is 8.26. The van der Waals surface area contributed by atoms with E-state index in [1.165, 1.54) is 10.9 Å². The monoisotopic (exact) mass is 655 g/mol. The second kappa shape index (κ2) is 11.2. The summed E-state index contributed by atoms with van der Waals surface area (Å²) in [5, 5.41) is 23.1. The number of pyridine rings is 1. The van der Waals surface area contributed by atoms with Crippen LogP contribution in [-0.4, -0.2) is 69.2 Å². The molecular formula is C19H20N3O13P3S2. The van der Waals surface area contributed by atoms with Gasteiger partial charge in [0, 0.05) is 26.4 Å². The van der Waals surface area contributed by atoms with Crippen molar-refractivity contribution in [2.24, 2.45) is 0 Å². The van der Waals surface area contributed by atoms with Gasteiger partial charge in [-0.15, -0.1) is 22.7 Å². The number of rotatable bonds is 10. The van der Waals surface area contributed by atoms with Crippen molar-refractivity contribution in [3.05, 3.63) is 48.2 Å². The number of aliphatic hydroxyl groups is 2. The number of fused-ring (bicyclic) bond motifs is 1. The molecule has 4 aromatic rings. The van der Waals surface area contributed by atoms with Crippen LogP contribution in [0.4, 0.5) is 0 Å². The lowest BCUT2D eigenvalue weighted by Gasteiger charge is -2.19. The van der Waals surface area contributed by atoms with Gasteiger partial charge in [0.15, 0.2) is 11.9 Å². The molecule has 6 atom stereocenters. The number of hydrogen-bond donors (Lipinski definition) is 6. The fourth-order valence-corrected chi connectivity index (χ4v) is 8.82. The highest BCUT2D eigenvalue weighted by Gasteiger charge is 2.47. The van der Waals surface area contributed by atoms with E-state index in [0.717, 1.165) is 20.2 Å². The average molecular weight is 655 g/mol. The predicted octanol–water partition coefficient (Wildman–Crippen LogP) is 2.85. The number of aliphatic hydroxyl groups excluding tert-OH is 2. The van der Waals surface area contributed by atoms with Gasteiger partial charge in [-0.05, 0) is 29.6 Å². The molecular weight excluding hydrogens is 635 g/mol. The van der Waals surface area contributed by atoms with Crippen LogP contribution < -0.4 is 0 Å². The third kappa shape index (κ3) is 6.52. The first-order chi connectivity index (χ1) is 18.7. The van der Waals surface area contributed by atoms with Gasteiger partial charge in [-0.2, -0.15) is 8.62 Å². The minimum atomic E-state index is -5.72. The van der Waals surface area contributed by atoms with Crippen LogP contribution in [-0.2, 0) is 31.6 Å². The normalized spacial score (nSPS) is 24.8. The van der Waals surface area contributed by atoms with Crippen LogP contribution >= 0.6 is 46.1 Å². The first kappa shape index (κ1) is 29.8. The molecule has 1 aliphatic rings. The maximum absolute atomic E-state index is 12.0. The first-order valence-corrected chi connectivity index (χ1v) is 17.2. The molecule has 1 saturated heterocycles. The number of imidazole rings is 1. The van der Waals surface area contributed by atoms with E-state index in [2.05, 4.69) is 23.1 Å². The van der Waals surface area contributed by atoms with Crippen LogP contribution in [0, 0.1) is 0 Å². The molecule has 0 spiro atoms. The maximum Gasteiger partial charge on any atom is 0.490 e. The molecule has 0 bridgehead atoms. The fraction of sp³-hybridized carbons (Fsp3) is 0.263. The third-order valence-electron chi connectivity index (χ3n) is 5.53. The van der Waals surface area contributed by atoms with Gasteiger partial charge in [0.1, 0.15) is 23.8 Å². The molecule has 5 heterocycles. The van der Waals surface area contributed by atoms with Crippen LogP contribution in [0.15, 0.2) is 48.2 Å². The van der Waals surface area contributed by atoms with E-state index in [-0.39, 0.29) is 0 Å². The van der Waals surface area contributed by atoms with E-state index >= 15 is 0 Å². The van der Waals surface area contributed by atoms with Crippen molar-refractivity contribution >= 4 is 57.3 Å². The SMILES string of the molecule is O=P(O)(O)OP(=O)(O)OP(=O)(O)OC[C@H]1O[C@@H](n2cnc3c(-c4ccc(-c5cccs5)s4)ccnc32)C(O)C1O. The summed E-state index contributed by atoms with van der Waals surface area (Å²) in [4.78, 5) is 48.0. The van der Waals surface area contributed by atoms with Gasteiger partial charge in [-0.3, -0.25) is 9.09 Å². The Morgan fingerprint density at radius 3 is 2.38 bits per heavy atom. The summed E-state index contributed by atoms with van der Waals surface area (Å²) in [7, 11) is -16.7. The number of phosphoric acid groups is 3. The first-order valence-electron chi connectivity index (χ1n) is 11.0. The van der Waals surface area contributed by atoms with E-state index in [9.17, 15) is 33.7 Å². The van der Waals surface area contributed by atoms with E-state index in [0.29, 0.717) is 11.2 Å². The Balaban J connectivity index is 1.32. The zero-order valence-corrected chi connectivity index (χ0v) is 24.0. The lowest BCUT2D eigenvalue weighted by atomic mass is 10.1. The van der Waals surface area contributed by atoms with E-state index in [4.69, 9.17) is 14.5 Å². The summed E-state index contributed by atoms with van der Waals surface area (Å²) >= 11 is 3.18. The predicted molar refractivity (Wildman–Crippen MR) is 140 cm³/mol. The van der Waals surface area contributed by atoms with Crippen molar-refractivity contribution < 1.29 is 61.4 Å².